The fourth-order valence-electron chi connectivity index (χ4n) is 1.44. The highest BCUT2D eigenvalue weighted by Gasteiger charge is 2.12. The van der Waals surface area contributed by atoms with E-state index in [1.54, 1.807) is 5.38 Å². The Balaban J connectivity index is 1.97. The Hall–Kier alpha value is -1.51. The Kier molecular flexibility index (Phi) is 4.13. The van der Waals surface area contributed by atoms with Crippen molar-refractivity contribution in [2.75, 3.05) is 5.73 Å². The van der Waals surface area contributed by atoms with Crippen molar-refractivity contribution >= 4 is 26.5 Å². The van der Waals surface area contributed by atoms with Gasteiger partial charge in [-0.2, -0.15) is 0 Å². The fraction of sp³-hybridized carbons (Fsp3) is 0.182. The fourth-order valence-corrected chi connectivity index (χ4v) is 3.10. The van der Waals surface area contributed by atoms with E-state index >= 15 is 0 Å². The number of sulfonamides is 1. The quantitative estimate of drug-likeness (QED) is 0.876. The molecule has 2 aromatic rings. The summed E-state index contributed by atoms with van der Waals surface area (Å²) in [6, 6.07) is 5.34. The first-order valence-corrected chi connectivity index (χ1v) is 7.89. The monoisotopic (exact) mass is 301 g/mol. The van der Waals surface area contributed by atoms with Gasteiger partial charge in [0.1, 0.15) is 5.82 Å². The van der Waals surface area contributed by atoms with E-state index in [1.807, 2.05) is 0 Å². The third kappa shape index (κ3) is 4.27. The van der Waals surface area contributed by atoms with Crippen LogP contribution in [0.4, 0.5) is 9.52 Å². The van der Waals surface area contributed by atoms with Crippen LogP contribution in [0.2, 0.25) is 0 Å². The van der Waals surface area contributed by atoms with E-state index in [0.29, 0.717) is 16.4 Å². The van der Waals surface area contributed by atoms with Gasteiger partial charge in [0.05, 0.1) is 18.0 Å². The second-order valence-electron chi connectivity index (χ2n) is 3.88. The van der Waals surface area contributed by atoms with E-state index in [4.69, 9.17) is 5.73 Å². The molecule has 2 rings (SSSR count). The molecule has 1 heterocycles. The molecule has 1 aromatic carbocycles. The second kappa shape index (κ2) is 5.64. The number of anilines is 1. The molecule has 0 aliphatic carbocycles. The van der Waals surface area contributed by atoms with E-state index < -0.39 is 15.8 Å². The van der Waals surface area contributed by atoms with E-state index in [2.05, 4.69) is 9.71 Å². The molecule has 5 nitrogen and oxygen atoms in total. The molecule has 102 valence electrons. The van der Waals surface area contributed by atoms with Gasteiger partial charge in [-0.3, -0.25) is 0 Å². The Labute approximate surface area is 114 Å². The lowest BCUT2D eigenvalue weighted by Gasteiger charge is -2.05. The van der Waals surface area contributed by atoms with Crippen LogP contribution in [-0.2, 0) is 22.3 Å². The molecule has 0 radical (unpaired) electrons. The van der Waals surface area contributed by atoms with Crippen LogP contribution < -0.4 is 10.5 Å². The van der Waals surface area contributed by atoms with Crippen molar-refractivity contribution in [3.8, 4) is 0 Å². The third-order valence-corrected chi connectivity index (χ3v) is 4.33. The molecule has 0 saturated carbocycles. The molecule has 1 aromatic heterocycles. The Morgan fingerprint density at radius 1 is 1.32 bits per heavy atom. The molecular weight excluding hydrogens is 289 g/mol. The van der Waals surface area contributed by atoms with Gasteiger partial charge in [0.25, 0.3) is 0 Å². The summed E-state index contributed by atoms with van der Waals surface area (Å²) in [6.45, 7) is 0.0945. The number of rotatable bonds is 5. The van der Waals surface area contributed by atoms with Crippen LogP contribution >= 0.6 is 11.3 Å². The highest BCUT2D eigenvalue weighted by atomic mass is 32.2. The minimum Gasteiger partial charge on any atom is -0.375 e. The zero-order valence-corrected chi connectivity index (χ0v) is 11.5. The molecule has 0 fully saturated rings. The normalized spacial score (nSPS) is 11.6. The number of nitrogens with one attached hydrogen (secondary N) is 1. The number of hydrogen-bond donors (Lipinski definition) is 2. The van der Waals surface area contributed by atoms with Gasteiger partial charge < -0.3 is 5.73 Å². The molecule has 0 saturated heterocycles. The average Bonchev–Trinajstić information content (AvgIpc) is 2.76. The van der Waals surface area contributed by atoms with Crippen molar-refractivity contribution in [1.29, 1.82) is 0 Å². The van der Waals surface area contributed by atoms with Gasteiger partial charge >= 0.3 is 0 Å². The lowest BCUT2D eigenvalue weighted by atomic mass is 10.2. The molecular formula is C11H12FN3O2S2. The van der Waals surface area contributed by atoms with Crippen LogP contribution in [0.1, 0.15) is 11.3 Å². The van der Waals surface area contributed by atoms with Crippen molar-refractivity contribution in [2.45, 2.75) is 12.3 Å². The molecule has 0 aliphatic heterocycles. The summed E-state index contributed by atoms with van der Waals surface area (Å²) in [5.41, 5.74) is 6.54. The first-order chi connectivity index (χ1) is 8.94. The molecule has 0 amide bonds. The molecule has 0 unspecified atom stereocenters. The minimum atomic E-state index is -3.49. The third-order valence-electron chi connectivity index (χ3n) is 2.31. The summed E-state index contributed by atoms with van der Waals surface area (Å²) in [4.78, 5) is 3.95. The van der Waals surface area contributed by atoms with Crippen LogP contribution in [0.15, 0.2) is 29.6 Å². The Morgan fingerprint density at radius 3 is 2.58 bits per heavy atom. The van der Waals surface area contributed by atoms with Crippen molar-refractivity contribution in [2.24, 2.45) is 0 Å². The van der Waals surface area contributed by atoms with E-state index in [1.165, 1.54) is 35.6 Å². The van der Waals surface area contributed by atoms with Gasteiger partial charge in [-0.1, -0.05) is 12.1 Å². The molecule has 0 aliphatic rings. The summed E-state index contributed by atoms with van der Waals surface area (Å²) in [5.74, 6) is -0.598. The minimum absolute atomic E-state index is 0.0945. The number of nitrogens with zero attached hydrogens (tertiary/aromatic N) is 1. The Bertz CT molecular complexity index is 653. The highest BCUT2D eigenvalue weighted by molar-refractivity contribution is 7.88. The summed E-state index contributed by atoms with van der Waals surface area (Å²) in [7, 11) is -3.49. The zero-order chi connectivity index (χ0) is 13.9. The second-order valence-corrected chi connectivity index (χ2v) is 6.58. The number of thiazole rings is 1. The largest absolute Gasteiger partial charge is 0.375 e. The topological polar surface area (TPSA) is 85.1 Å². The van der Waals surface area contributed by atoms with Gasteiger partial charge in [-0.15, -0.1) is 11.3 Å². The first-order valence-electron chi connectivity index (χ1n) is 5.36. The van der Waals surface area contributed by atoms with Crippen LogP contribution in [0, 0.1) is 5.82 Å². The lowest BCUT2D eigenvalue weighted by Crippen LogP contribution is -2.24. The summed E-state index contributed by atoms with van der Waals surface area (Å²) >= 11 is 1.25. The van der Waals surface area contributed by atoms with Crippen molar-refractivity contribution in [1.82, 2.24) is 9.71 Å². The average molecular weight is 301 g/mol. The maximum atomic E-state index is 12.7. The predicted molar refractivity (Wildman–Crippen MR) is 72.4 cm³/mol. The van der Waals surface area contributed by atoms with Crippen molar-refractivity contribution < 1.29 is 12.8 Å². The van der Waals surface area contributed by atoms with E-state index in [0.717, 1.165) is 0 Å². The standard InChI is InChI=1S/C11H12FN3O2S2/c12-9-3-1-8(2-4-9)7-19(16,17)14-5-10-6-18-11(13)15-10/h1-4,6,14H,5,7H2,(H2,13,15). The maximum absolute atomic E-state index is 12.7. The lowest BCUT2D eigenvalue weighted by molar-refractivity contribution is 0.579. The first kappa shape index (κ1) is 13.9. The van der Waals surface area contributed by atoms with Crippen molar-refractivity contribution in [3.63, 3.8) is 0 Å². The van der Waals surface area contributed by atoms with Crippen LogP contribution in [0.3, 0.4) is 0 Å². The number of nitrogen functional groups attached to an aromatic ring is 1. The van der Waals surface area contributed by atoms with Crippen LogP contribution in [-0.4, -0.2) is 13.4 Å². The SMILES string of the molecule is Nc1nc(CNS(=O)(=O)Cc2ccc(F)cc2)cs1. The molecule has 19 heavy (non-hydrogen) atoms. The van der Waals surface area contributed by atoms with Crippen molar-refractivity contribution in [3.05, 3.63) is 46.7 Å². The van der Waals surface area contributed by atoms with Gasteiger partial charge in [0, 0.05) is 5.38 Å². The molecule has 3 N–H and O–H groups in total. The molecule has 0 spiro atoms. The van der Waals surface area contributed by atoms with Crippen LogP contribution in [0.5, 0.6) is 0 Å². The summed E-state index contributed by atoms with van der Waals surface area (Å²) < 4.78 is 38.7. The van der Waals surface area contributed by atoms with Gasteiger partial charge in [-0.05, 0) is 17.7 Å². The van der Waals surface area contributed by atoms with Crippen LogP contribution in [0.25, 0.3) is 0 Å². The summed E-state index contributed by atoms with van der Waals surface area (Å²) in [6.07, 6.45) is 0. The molecule has 0 bridgehead atoms. The maximum Gasteiger partial charge on any atom is 0.216 e. The number of hydrogen-bond acceptors (Lipinski definition) is 5. The number of nitrogens with two attached hydrogens (primary N) is 1. The highest BCUT2D eigenvalue weighted by Crippen LogP contribution is 2.11. The number of benzene rings is 1. The van der Waals surface area contributed by atoms with Gasteiger partial charge in [0.2, 0.25) is 10.0 Å². The van der Waals surface area contributed by atoms with Gasteiger partial charge in [-0.25, -0.2) is 22.5 Å². The number of halogens is 1. The Morgan fingerprint density at radius 2 is 2.00 bits per heavy atom. The summed E-state index contributed by atoms with van der Waals surface area (Å²) in [5, 5.41) is 2.09. The molecule has 0 atom stereocenters. The number of aromatic nitrogens is 1. The smallest absolute Gasteiger partial charge is 0.216 e. The van der Waals surface area contributed by atoms with Gasteiger partial charge in [0.15, 0.2) is 5.13 Å². The predicted octanol–water partition coefficient (Wildman–Crippen LogP) is 1.48. The van der Waals surface area contributed by atoms with E-state index in [9.17, 15) is 12.8 Å². The molecule has 8 heteroatoms. The zero-order valence-electron chi connectivity index (χ0n) is 9.84. The van der Waals surface area contributed by atoms with E-state index in [-0.39, 0.29) is 12.3 Å².